The first-order valence-electron chi connectivity index (χ1n) is 10.5. The molecule has 0 bridgehead atoms. The number of amides is 2. The number of carbonyl (C=O) groups is 2. The maximum atomic E-state index is 14.5. The number of carbonyl (C=O) groups excluding carboxylic acids is 2. The van der Waals surface area contributed by atoms with Gasteiger partial charge in [-0.15, -0.1) is 11.8 Å². The van der Waals surface area contributed by atoms with Crippen LogP contribution in [0.2, 0.25) is 0 Å². The lowest BCUT2D eigenvalue weighted by molar-refractivity contribution is -0.123. The number of hydrogen-bond donors (Lipinski definition) is 0. The molecule has 0 unspecified atom stereocenters. The fraction of sp³-hybridized carbons (Fsp3) is 0.200. The molecular formula is C25H19F3N2O3S. The Morgan fingerprint density at radius 2 is 1.76 bits per heavy atom. The summed E-state index contributed by atoms with van der Waals surface area (Å²) in [5.74, 6) is -1.97. The van der Waals surface area contributed by atoms with Gasteiger partial charge < -0.3 is 14.5 Å². The Bertz CT molecular complexity index is 1280. The zero-order valence-electron chi connectivity index (χ0n) is 18.1. The van der Waals surface area contributed by atoms with Gasteiger partial charge in [-0.25, -0.2) is 13.2 Å². The lowest BCUT2D eigenvalue weighted by atomic mass is 10.0. The SMILES string of the molecule is COc1ccc2c(c1)[C@]1(SCCN1C(=O)c1ccc(F)cc1)C(=O)N2Cc1c(F)cccc1F. The van der Waals surface area contributed by atoms with Crippen molar-refractivity contribution in [2.24, 2.45) is 0 Å². The highest BCUT2D eigenvalue weighted by Crippen LogP contribution is 2.55. The van der Waals surface area contributed by atoms with Gasteiger partial charge in [0.25, 0.3) is 11.8 Å². The summed E-state index contributed by atoms with van der Waals surface area (Å²) in [6.45, 7) is -0.0667. The Balaban J connectivity index is 1.63. The number of fused-ring (bicyclic) bond motifs is 2. The average molecular weight is 484 g/mol. The maximum Gasteiger partial charge on any atom is 0.268 e. The standard InChI is InChI=1S/C25H19F3N2O3S/c1-33-17-9-10-22-19(13-17)25(24(32)29(22)14-18-20(27)3-2-4-21(18)28)30(11-12-34-25)23(31)15-5-7-16(26)8-6-15/h2-10,13H,11-12,14H2,1H3/t25-/m0/s1. The minimum Gasteiger partial charge on any atom is -0.497 e. The summed E-state index contributed by atoms with van der Waals surface area (Å²) >= 11 is 1.28. The molecule has 1 saturated heterocycles. The third kappa shape index (κ3) is 3.34. The second-order valence-electron chi connectivity index (χ2n) is 7.93. The van der Waals surface area contributed by atoms with Crippen LogP contribution in [0.4, 0.5) is 18.9 Å². The van der Waals surface area contributed by atoms with Crippen molar-refractivity contribution in [1.29, 1.82) is 0 Å². The van der Waals surface area contributed by atoms with E-state index >= 15 is 0 Å². The Kier molecular flexibility index (Phi) is 5.51. The summed E-state index contributed by atoms with van der Waals surface area (Å²) in [5.41, 5.74) is 0.944. The van der Waals surface area contributed by atoms with Gasteiger partial charge in [0.2, 0.25) is 0 Å². The molecule has 174 valence electrons. The molecule has 3 aromatic carbocycles. The first-order valence-corrected chi connectivity index (χ1v) is 11.5. The molecule has 1 fully saturated rings. The highest BCUT2D eigenvalue weighted by Gasteiger charge is 2.59. The average Bonchev–Trinajstić information content (AvgIpc) is 3.38. The zero-order chi connectivity index (χ0) is 24.0. The van der Waals surface area contributed by atoms with E-state index in [1.165, 1.54) is 59.0 Å². The molecule has 0 aromatic heterocycles. The normalized spacial score (nSPS) is 19.1. The predicted octanol–water partition coefficient (Wildman–Crippen LogP) is 4.70. The molecule has 1 atom stereocenters. The van der Waals surface area contributed by atoms with E-state index in [2.05, 4.69) is 0 Å². The van der Waals surface area contributed by atoms with Gasteiger partial charge in [-0.3, -0.25) is 9.59 Å². The van der Waals surface area contributed by atoms with Gasteiger partial charge in [-0.1, -0.05) is 6.07 Å². The van der Waals surface area contributed by atoms with Crippen molar-refractivity contribution < 1.29 is 27.5 Å². The third-order valence-electron chi connectivity index (χ3n) is 6.11. The van der Waals surface area contributed by atoms with Gasteiger partial charge in [-0.2, -0.15) is 0 Å². The topological polar surface area (TPSA) is 49.9 Å². The minimum absolute atomic E-state index is 0.235. The van der Waals surface area contributed by atoms with Crippen molar-refractivity contribution in [3.8, 4) is 5.75 Å². The monoisotopic (exact) mass is 484 g/mol. The lowest BCUT2D eigenvalue weighted by Gasteiger charge is -2.33. The summed E-state index contributed by atoms with van der Waals surface area (Å²) in [7, 11) is 1.49. The van der Waals surface area contributed by atoms with Gasteiger partial charge in [0.1, 0.15) is 23.2 Å². The summed E-state index contributed by atoms with van der Waals surface area (Å²) in [4.78, 5) is 28.8. The lowest BCUT2D eigenvalue weighted by Crippen LogP contribution is -2.50. The van der Waals surface area contributed by atoms with Crippen LogP contribution >= 0.6 is 11.8 Å². The number of thioether (sulfide) groups is 1. The molecule has 2 amide bonds. The summed E-state index contributed by atoms with van der Waals surface area (Å²) < 4.78 is 47.7. The van der Waals surface area contributed by atoms with Crippen molar-refractivity contribution in [1.82, 2.24) is 4.90 Å². The largest absolute Gasteiger partial charge is 0.497 e. The van der Waals surface area contributed by atoms with Gasteiger partial charge >= 0.3 is 0 Å². The van der Waals surface area contributed by atoms with Crippen LogP contribution < -0.4 is 9.64 Å². The molecule has 5 nitrogen and oxygen atoms in total. The van der Waals surface area contributed by atoms with E-state index in [0.29, 0.717) is 22.8 Å². The van der Waals surface area contributed by atoms with Crippen LogP contribution in [0.3, 0.4) is 0 Å². The van der Waals surface area contributed by atoms with E-state index in [-0.39, 0.29) is 24.2 Å². The summed E-state index contributed by atoms with van der Waals surface area (Å²) in [6.07, 6.45) is 0. The van der Waals surface area contributed by atoms with Crippen molar-refractivity contribution in [3.63, 3.8) is 0 Å². The van der Waals surface area contributed by atoms with Gasteiger partial charge in [0.15, 0.2) is 4.87 Å². The number of hydrogen-bond acceptors (Lipinski definition) is 4. The number of methoxy groups -OCH3 is 1. The van der Waals surface area contributed by atoms with Crippen molar-refractivity contribution in [3.05, 3.63) is 94.8 Å². The zero-order valence-corrected chi connectivity index (χ0v) is 18.9. The molecule has 0 aliphatic carbocycles. The van der Waals surface area contributed by atoms with Crippen LogP contribution in [-0.2, 0) is 16.2 Å². The van der Waals surface area contributed by atoms with Crippen molar-refractivity contribution >= 4 is 29.3 Å². The van der Waals surface area contributed by atoms with E-state index in [1.54, 1.807) is 18.2 Å². The van der Waals surface area contributed by atoms with Crippen molar-refractivity contribution in [2.75, 3.05) is 24.3 Å². The van der Waals surface area contributed by atoms with E-state index in [9.17, 15) is 22.8 Å². The number of nitrogens with zero attached hydrogens (tertiary/aromatic N) is 2. The molecule has 0 saturated carbocycles. The Labute approximate surface area is 198 Å². The number of rotatable bonds is 4. The second-order valence-corrected chi connectivity index (χ2v) is 9.22. The molecule has 9 heteroatoms. The van der Waals surface area contributed by atoms with Crippen LogP contribution in [-0.4, -0.2) is 36.1 Å². The molecule has 2 aliphatic heterocycles. The Morgan fingerprint density at radius 3 is 2.44 bits per heavy atom. The fourth-order valence-electron chi connectivity index (χ4n) is 4.47. The number of halogens is 3. The summed E-state index contributed by atoms with van der Waals surface area (Å²) in [5, 5.41) is 0. The first kappa shape index (κ1) is 22.3. The van der Waals surface area contributed by atoms with Crippen LogP contribution in [0.5, 0.6) is 5.75 Å². The second kappa shape index (κ2) is 8.39. The molecule has 0 N–H and O–H groups in total. The molecule has 3 aromatic rings. The molecule has 2 aliphatic rings. The third-order valence-corrected chi connectivity index (χ3v) is 7.53. The van der Waals surface area contributed by atoms with Crippen molar-refractivity contribution in [2.45, 2.75) is 11.4 Å². The molecular weight excluding hydrogens is 465 g/mol. The first-order chi connectivity index (χ1) is 16.4. The van der Waals surface area contributed by atoms with Crippen LogP contribution in [0.25, 0.3) is 0 Å². The summed E-state index contributed by atoms with van der Waals surface area (Å²) in [6, 6.07) is 13.6. The molecule has 0 radical (unpaired) electrons. The molecule has 1 spiro atoms. The van der Waals surface area contributed by atoms with E-state index in [4.69, 9.17) is 4.74 Å². The number of anilines is 1. The maximum absolute atomic E-state index is 14.5. The Morgan fingerprint density at radius 1 is 1.06 bits per heavy atom. The number of ether oxygens (including phenoxy) is 1. The van der Waals surface area contributed by atoms with E-state index in [0.717, 1.165) is 12.1 Å². The fourth-order valence-corrected chi connectivity index (χ4v) is 5.92. The Hall–Kier alpha value is -3.46. The predicted molar refractivity (Wildman–Crippen MR) is 122 cm³/mol. The van der Waals surface area contributed by atoms with E-state index in [1.807, 2.05) is 0 Å². The highest BCUT2D eigenvalue weighted by molar-refractivity contribution is 8.01. The number of benzene rings is 3. The van der Waals surface area contributed by atoms with Crippen LogP contribution in [0.15, 0.2) is 60.7 Å². The van der Waals surface area contributed by atoms with Gasteiger partial charge in [-0.05, 0) is 54.6 Å². The molecule has 34 heavy (non-hydrogen) atoms. The van der Waals surface area contributed by atoms with Gasteiger partial charge in [0, 0.05) is 29.0 Å². The molecule has 5 rings (SSSR count). The van der Waals surface area contributed by atoms with Gasteiger partial charge in [0.05, 0.1) is 19.3 Å². The van der Waals surface area contributed by atoms with Crippen LogP contribution in [0.1, 0.15) is 21.5 Å². The minimum atomic E-state index is -1.43. The quantitative estimate of drug-likeness (QED) is 0.539. The molecule has 2 heterocycles. The smallest absolute Gasteiger partial charge is 0.268 e. The van der Waals surface area contributed by atoms with E-state index < -0.39 is 34.1 Å². The van der Waals surface area contributed by atoms with Crippen LogP contribution in [0, 0.1) is 17.5 Å². The highest BCUT2D eigenvalue weighted by atomic mass is 32.2.